The van der Waals surface area contributed by atoms with E-state index in [1.165, 1.54) is 5.56 Å². The van der Waals surface area contributed by atoms with Gasteiger partial charge in [0.25, 0.3) is 0 Å². The molecule has 0 bridgehead atoms. The molecule has 2 nitrogen and oxygen atoms in total. The van der Waals surface area contributed by atoms with E-state index in [4.69, 9.17) is 11.5 Å². The minimum absolute atomic E-state index is 0.0306. The van der Waals surface area contributed by atoms with Gasteiger partial charge in [-0.15, -0.1) is 0 Å². The van der Waals surface area contributed by atoms with Crippen LogP contribution in [-0.4, -0.2) is 0 Å². The molecule has 0 fully saturated rings. The monoisotopic (exact) mass is 212 g/mol. The van der Waals surface area contributed by atoms with Crippen molar-refractivity contribution in [1.82, 2.24) is 0 Å². The first-order chi connectivity index (χ1) is 7.75. The maximum atomic E-state index is 6.14. The Morgan fingerprint density at radius 1 is 0.875 bits per heavy atom. The van der Waals surface area contributed by atoms with E-state index in [0.29, 0.717) is 0 Å². The quantitative estimate of drug-likeness (QED) is 0.768. The summed E-state index contributed by atoms with van der Waals surface area (Å²) in [5, 5.41) is 0. The molecule has 0 aromatic heterocycles. The number of benzene rings is 2. The van der Waals surface area contributed by atoms with E-state index in [2.05, 4.69) is 12.1 Å². The third-order valence-electron chi connectivity index (χ3n) is 2.66. The Morgan fingerprint density at radius 2 is 1.50 bits per heavy atom. The van der Waals surface area contributed by atoms with Gasteiger partial charge in [-0.25, -0.2) is 0 Å². The van der Waals surface area contributed by atoms with Crippen LogP contribution in [0.4, 0.5) is 5.69 Å². The van der Waals surface area contributed by atoms with Crippen molar-refractivity contribution < 1.29 is 0 Å². The minimum atomic E-state index is 0.0306. The van der Waals surface area contributed by atoms with Crippen molar-refractivity contribution in [1.29, 1.82) is 0 Å². The molecule has 1 unspecified atom stereocenters. The summed E-state index contributed by atoms with van der Waals surface area (Å²) in [6, 6.07) is 18.1. The lowest BCUT2D eigenvalue weighted by molar-refractivity contribution is 0.722. The van der Waals surface area contributed by atoms with Gasteiger partial charge >= 0.3 is 0 Å². The van der Waals surface area contributed by atoms with E-state index in [1.54, 1.807) is 0 Å². The molecule has 0 saturated heterocycles. The molecule has 16 heavy (non-hydrogen) atoms. The summed E-state index contributed by atoms with van der Waals surface area (Å²) < 4.78 is 0. The van der Waals surface area contributed by atoms with Crippen LogP contribution in [0.3, 0.4) is 0 Å². The van der Waals surface area contributed by atoms with Crippen LogP contribution in [0.15, 0.2) is 54.6 Å². The highest BCUT2D eigenvalue weighted by Gasteiger charge is 2.06. The highest BCUT2D eigenvalue weighted by atomic mass is 14.6. The number of nitrogen functional groups attached to an aromatic ring is 1. The molecular weight excluding hydrogens is 196 g/mol. The van der Waals surface area contributed by atoms with E-state index in [-0.39, 0.29) is 6.04 Å². The van der Waals surface area contributed by atoms with Gasteiger partial charge < -0.3 is 11.5 Å². The molecule has 0 heterocycles. The topological polar surface area (TPSA) is 52.0 Å². The molecule has 0 radical (unpaired) electrons. The van der Waals surface area contributed by atoms with Crippen molar-refractivity contribution in [3.63, 3.8) is 0 Å². The van der Waals surface area contributed by atoms with E-state index in [1.807, 2.05) is 42.5 Å². The van der Waals surface area contributed by atoms with Gasteiger partial charge in [0.2, 0.25) is 0 Å². The third kappa shape index (κ3) is 2.61. The molecule has 2 rings (SSSR count). The molecule has 82 valence electrons. The van der Waals surface area contributed by atoms with Crippen LogP contribution in [-0.2, 0) is 6.42 Å². The van der Waals surface area contributed by atoms with Gasteiger partial charge in [-0.05, 0) is 29.7 Å². The second-order valence-corrected chi connectivity index (χ2v) is 3.96. The average molecular weight is 212 g/mol. The van der Waals surface area contributed by atoms with Crippen LogP contribution in [0, 0.1) is 0 Å². The first kappa shape index (κ1) is 10.7. The zero-order chi connectivity index (χ0) is 11.4. The Hall–Kier alpha value is -1.80. The van der Waals surface area contributed by atoms with Gasteiger partial charge in [0.05, 0.1) is 0 Å². The van der Waals surface area contributed by atoms with Crippen LogP contribution in [0.5, 0.6) is 0 Å². The highest BCUT2D eigenvalue weighted by molar-refractivity contribution is 5.40. The molecule has 2 aromatic carbocycles. The van der Waals surface area contributed by atoms with Crippen molar-refractivity contribution in [2.45, 2.75) is 12.5 Å². The Labute approximate surface area is 95.9 Å². The fourth-order valence-electron chi connectivity index (χ4n) is 1.73. The second-order valence-electron chi connectivity index (χ2n) is 3.96. The summed E-state index contributed by atoms with van der Waals surface area (Å²) in [5.41, 5.74) is 14.9. The van der Waals surface area contributed by atoms with Gasteiger partial charge in [0.15, 0.2) is 0 Å². The summed E-state index contributed by atoms with van der Waals surface area (Å²) in [5.74, 6) is 0. The largest absolute Gasteiger partial charge is 0.399 e. The maximum absolute atomic E-state index is 6.14. The normalized spacial score (nSPS) is 12.3. The van der Waals surface area contributed by atoms with Crippen LogP contribution in [0.1, 0.15) is 17.2 Å². The van der Waals surface area contributed by atoms with Crippen LogP contribution >= 0.6 is 0 Å². The summed E-state index contributed by atoms with van der Waals surface area (Å²) in [6.45, 7) is 0. The summed E-state index contributed by atoms with van der Waals surface area (Å²) in [4.78, 5) is 0. The molecule has 0 aliphatic rings. The number of rotatable bonds is 3. The Kier molecular flexibility index (Phi) is 3.22. The average Bonchev–Trinajstić information content (AvgIpc) is 2.31. The van der Waals surface area contributed by atoms with E-state index >= 15 is 0 Å². The number of nitrogens with two attached hydrogens (primary N) is 2. The van der Waals surface area contributed by atoms with Crippen molar-refractivity contribution in [3.05, 3.63) is 65.7 Å². The van der Waals surface area contributed by atoms with Crippen LogP contribution in [0.2, 0.25) is 0 Å². The molecule has 0 aliphatic heterocycles. The summed E-state index contributed by atoms with van der Waals surface area (Å²) >= 11 is 0. The van der Waals surface area contributed by atoms with Gasteiger partial charge in [-0.2, -0.15) is 0 Å². The molecular formula is C14H16N2. The second kappa shape index (κ2) is 4.81. The highest BCUT2D eigenvalue weighted by Crippen LogP contribution is 2.17. The third-order valence-corrected chi connectivity index (χ3v) is 2.66. The zero-order valence-electron chi connectivity index (χ0n) is 9.14. The first-order valence-corrected chi connectivity index (χ1v) is 5.40. The van der Waals surface area contributed by atoms with Gasteiger partial charge in [-0.3, -0.25) is 0 Å². The Morgan fingerprint density at radius 3 is 2.12 bits per heavy atom. The fourth-order valence-corrected chi connectivity index (χ4v) is 1.73. The van der Waals surface area contributed by atoms with Gasteiger partial charge in [0, 0.05) is 11.7 Å². The van der Waals surface area contributed by atoms with Crippen LogP contribution in [0.25, 0.3) is 0 Å². The molecule has 0 amide bonds. The maximum Gasteiger partial charge on any atom is 0.0335 e. The van der Waals surface area contributed by atoms with Gasteiger partial charge in [0.1, 0.15) is 0 Å². The predicted octanol–water partition coefficient (Wildman–Crippen LogP) is 2.51. The molecule has 0 aliphatic carbocycles. The molecule has 0 spiro atoms. The molecule has 1 atom stereocenters. The number of anilines is 1. The van der Waals surface area contributed by atoms with Crippen molar-refractivity contribution >= 4 is 5.69 Å². The Bertz CT molecular complexity index is 434. The molecule has 0 saturated carbocycles. The SMILES string of the molecule is Nc1ccc(C(N)Cc2ccccc2)cc1. The smallest absolute Gasteiger partial charge is 0.0335 e. The zero-order valence-corrected chi connectivity index (χ0v) is 9.14. The molecule has 2 heteroatoms. The predicted molar refractivity (Wildman–Crippen MR) is 67.9 cm³/mol. The summed E-state index contributed by atoms with van der Waals surface area (Å²) in [7, 11) is 0. The molecule has 4 N–H and O–H groups in total. The van der Waals surface area contributed by atoms with Crippen molar-refractivity contribution in [3.8, 4) is 0 Å². The fraction of sp³-hybridized carbons (Fsp3) is 0.143. The van der Waals surface area contributed by atoms with Crippen molar-refractivity contribution in [2.24, 2.45) is 5.73 Å². The Balaban J connectivity index is 2.09. The van der Waals surface area contributed by atoms with E-state index < -0.39 is 0 Å². The summed E-state index contributed by atoms with van der Waals surface area (Å²) in [6.07, 6.45) is 0.852. The van der Waals surface area contributed by atoms with Crippen LogP contribution < -0.4 is 11.5 Å². The van der Waals surface area contributed by atoms with E-state index in [9.17, 15) is 0 Å². The lowest BCUT2D eigenvalue weighted by atomic mass is 10.00. The number of hydrogen-bond donors (Lipinski definition) is 2. The van der Waals surface area contributed by atoms with E-state index in [0.717, 1.165) is 17.7 Å². The lowest BCUT2D eigenvalue weighted by Crippen LogP contribution is -2.13. The number of hydrogen-bond acceptors (Lipinski definition) is 2. The van der Waals surface area contributed by atoms with Crippen molar-refractivity contribution in [2.75, 3.05) is 5.73 Å². The first-order valence-electron chi connectivity index (χ1n) is 5.40. The minimum Gasteiger partial charge on any atom is -0.399 e. The standard InChI is InChI=1S/C14H16N2/c15-13-8-6-12(7-9-13)14(16)10-11-4-2-1-3-5-11/h1-9,14H,10,15-16H2. The molecule has 2 aromatic rings. The lowest BCUT2D eigenvalue weighted by Gasteiger charge is -2.12. The van der Waals surface area contributed by atoms with Gasteiger partial charge in [-0.1, -0.05) is 42.5 Å².